The van der Waals surface area contributed by atoms with Crippen LogP contribution in [0.4, 0.5) is 17.6 Å². The molecule has 9 nitrogen and oxygen atoms in total. The molecule has 0 radical (unpaired) electrons. The Labute approximate surface area is 211 Å². The number of aromatic nitrogens is 3. The van der Waals surface area contributed by atoms with Crippen molar-refractivity contribution in [2.45, 2.75) is 45.6 Å². The van der Waals surface area contributed by atoms with Crippen molar-refractivity contribution in [3.63, 3.8) is 0 Å². The van der Waals surface area contributed by atoms with Gasteiger partial charge in [0.05, 0.1) is 12.7 Å². The van der Waals surface area contributed by atoms with Crippen LogP contribution in [0.15, 0.2) is 36.7 Å². The number of anilines is 3. The Bertz CT molecular complexity index is 1240. The van der Waals surface area contributed by atoms with E-state index in [1.165, 1.54) is 5.56 Å². The van der Waals surface area contributed by atoms with Gasteiger partial charge in [0.25, 0.3) is 0 Å². The summed E-state index contributed by atoms with van der Waals surface area (Å²) in [6, 6.07) is 8.02. The molecule has 4 heterocycles. The SMILES string of the molecule is CC(=O)N1CC(COc2ccc(C(C)C)c3cc(Nc4ccnc(N5CCCC(O)C5)n4)ncc23)C1. The molecule has 190 valence electrons. The van der Waals surface area contributed by atoms with E-state index in [4.69, 9.17) is 4.74 Å². The van der Waals surface area contributed by atoms with Crippen molar-refractivity contribution in [3.8, 4) is 5.75 Å². The highest BCUT2D eigenvalue weighted by Gasteiger charge is 2.29. The van der Waals surface area contributed by atoms with E-state index in [1.54, 1.807) is 13.1 Å². The molecule has 1 atom stereocenters. The minimum absolute atomic E-state index is 0.117. The van der Waals surface area contributed by atoms with E-state index in [1.807, 2.05) is 34.2 Å². The van der Waals surface area contributed by atoms with Gasteiger partial charge in [0.1, 0.15) is 17.4 Å². The van der Waals surface area contributed by atoms with Crippen LogP contribution in [0.25, 0.3) is 10.8 Å². The molecule has 0 saturated carbocycles. The Morgan fingerprint density at radius 2 is 2.00 bits per heavy atom. The molecule has 0 bridgehead atoms. The lowest BCUT2D eigenvalue weighted by Gasteiger charge is -2.38. The number of ether oxygens (including phenoxy) is 1. The normalized spacial score (nSPS) is 18.4. The largest absolute Gasteiger partial charge is 0.492 e. The molecule has 1 unspecified atom stereocenters. The molecule has 3 aromatic rings. The van der Waals surface area contributed by atoms with E-state index >= 15 is 0 Å². The second-order valence-corrected chi connectivity index (χ2v) is 10.1. The highest BCUT2D eigenvalue weighted by atomic mass is 16.5. The van der Waals surface area contributed by atoms with Gasteiger partial charge >= 0.3 is 0 Å². The van der Waals surface area contributed by atoms with Gasteiger partial charge in [0.15, 0.2) is 0 Å². The molecule has 2 aliphatic rings. The van der Waals surface area contributed by atoms with Gasteiger partial charge in [0, 0.05) is 56.8 Å². The van der Waals surface area contributed by atoms with E-state index in [2.05, 4.69) is 40.2 Å². The predicted molar refractivity (Wildman–Crippen MR) is 140 cm³/mol. The summed E-state index contributed by atoms with van der Waals surface area (Å²) in [6.45, 7) is 9.42. The first-order valence-corrected chi connectivity index (χ1v) is 12.7. The van der Waals surface area contributed by atoms with E-state index in [-0.39, 0.29) is 12.0 Å². The van der Waals surface area contributed by atoms with Crippen LogP contribution in [0.5, 0.6) is 5.75 Å². The first kappa shape index (κ1) is 24.2. The molecule has 2 aromatic heterocycles. The maximum absolute atomic E-state index is 11.4. The molecule has 0 spiro atoms. The number of β-amino-alcohol motifs (C(OH)–C–C–N with tert-alkyl or cyclic N) is 1. The molecule has 36 heavy (non-hydrogen) atoms. The zero-order valence-corrected chi connectivity index (χ0v) is 21.1. The maximum atomic E-state index is 11.4. The topological polar surface area (TPSA) is 104 Å². The summed E-state index contributed by atoms with van der Waals surface area (Å²) >= 11 is 0. The van der Waals surface area contributed by atoms with Gasteiger partial charge in [-0.05, 0) is 47.9 Å². The first-order chi connectivity index (χ1) is 17.4. The summed E-state index contributed by atoms with van der Waals surface area (Å²) in [7, 11) is 0. The number of aliphatic hydroxyl groups is 1. The van der Waals surface area contributed by atoms with Crippen LogP contribution in [0.1, 0.15) is 45.1 Å². The van der Waals surface area contributed by atoms with E-state index in [9.17, 15) is 9.90 Å². The number of hydrogen-bond donors (Lipinski definition) is 2. The number of nitrogens with one attached hydrogen (secondary N) is 1. The minimum atomic E-state index is -0.343. The van der Waals surface area contributed by atoms with E-state index in [0.717, 1.165) is 49.0 Å². The first-order valence-electron chi connectivity index (χ1n) is 12.7. The van der Waals surface area contributed by atoms with Crippen molar-refractivity contribution in [1.29, 1.82) is 0 Å². The van der Waals surface area contributed by atoms with Crippen LogP contribution >= 0.6 is 0 Å². The van der Waals surface area contributed by atoms with Crippen molar-refractivity contribution in [2.24, 2.45) is 5.92 Å². The number of likely N-dealkylation sites (tertiary alicyclic amines) is 1. The van der Waals surface area contributed by atoms with Crippen LogP contribution in [-0.4, -0.2) is 69.8 Å². The fraction of sp³-hybridized carbons (Fsp3) is 0.481. The molecule has 9 heteroatoms. The van der Waals surface area contributed by atoms with Gasteiger partial charge < -0.3 is 25.0 Å². The average Bonchev–Trinajstić information content (AvgIpc) is 2.82. The van der Waals surface area contributed by atoms with Crippen LogP contribution in [0.3, 0.4) is 0 Å². The Hall–Kier alpha value is -3.46. The van der Waals surface area contributed by atoms with Crippen molar-refractivity contribution in [3.05, 3.63) is 42.2 Å². The summed E-state index contributed by atoms with van der Waals surface area (Å²) in [4.78, 5) is 29.0. The van der Waals surface area contributed by atoms with E-state index in [0.29, 0.717) is 42.6 Å². The number of nitrogens with zero attached hydrogens (tertiary/aromatic N) is 5. The zero-order valence-electron chi connectivity index (χ0n) is 21.1. The second kappa shape index (κ2) is 10.3. The summed E-state index contributed by atoms with van der Waals surface area (Å²) in [6.07, 6.45) is 4.98. The average molecular weight is 491 g/mol. The van der Waals surface area contributed by atoms with Crippen LogP contribution in [0.2, 0.25) is 0 Å². The molecule has 1 aromatic carbocycles. The van der Waals surface area contributed by atoms with Crippen LogP contribution in [0, 0.1) is 5.92 Å². The Morgan fingerprint density at radius 1 is 1.17 bits per heavy atom. The third-order valence-corrected chi connectivity index (χ3v) is 6.97. The van der Waals surface area contributed by atoms with Gasteiger partial charge in [-0.2, -0.15) is 4.98 Å². The lowest BCUT2D eigenvalue weighted by Crippen LogP contribution is -2.51. The lowest BCUT2D eigenvalue weighted by atomic mass is 9.96. The van der Waals surface area contributed by atoms with Crippen molar-refractivity contribution >= 4 is 34.3 Å². The number of carbonyl (C=O) groups is 1. The zero-order chi connectivity index (χ0) is 25.2. The quantitative estimate of drug-likeness (QED) is 0.517. The number of hydrogen-bond acceptors (Lipinski definition) is 8. The number of aliphatic hydroxyl groups excluding tert-OH is 1. The molecule has 0 aliphatic carbocycles. The van der Waals surface area contributed by atoms with Gasteiger partial charge in [0.2, 0.25) is 11.9 Å². The molecule has 5 rings (SSSR count). The van der Waals surface area contributed by atoms with Gasteiger partial charge in [-0.25, -0.2) is 9.97 Å². The van der Waals surface area contributed by atoms with Crippen molar-refractivity contribution < 1.29 is 14.6 Å². The van der Waals surface area contributed by atoms with E-state index < -0.39 is 0 Å². The highest BCUT2D eigenvalue weighted by molar-refractivity contribution is 5.92. The number of fused-ring (bicyclic) bond motifs is 1. The number of pyridine rings is 1. The smallest absolute Gasteiger partial charge is 0.227 e. The van der Waals surface area contributed by atoms with Gasteiger partial charge in [-0.15, -0.1) is 0 Å². The predicted octanol–water partition coefficient (Wildman–Crippen LogP) is 3.71. The summed E-state index contributed by atoms with van der Waals surface area (Å²) in [5.41, 5.74) is 1.22. The van der Waals surface area contributed by atoms with Crippen molar-refractivity contribution in [2.75, 3.05) is 43.0 Å². The summed E-state index contributed by atoms with van der Waals surface area (Å²) < 4.78 is 6.19. The van der Waals surface area contributed by atoms with Crippen LogP contribution in [-0.2, 0) is 4.79 Å². The third-order valence-electron chi connectivity index (χ3n) is 6.97. The molecule has 2 saturated heterocycles. The number of benzene rings is 1. The standard InChI is InChI=1S/C27H34N6O3/c1-17(2)21-6-7-24(36-16-19-13-33(14-19)18(3)34)23-12-29-26(11-22(21)23)30-25-8-9-28-27(31-25)32-10-4-5-20(35)15-32/h6-9,11-12,17,19-20,35H,4-5,10,13-16H2,1-3H3,(H,28,29,30,31). The Balaban J connectivity index is 1.35. The summed E-state index contributed by atoms with van der Waals surface area (Å²) in [5.74, 6) is 3.58. The summed E-state index contributed by atoms with van der Waals surface area (Å²) in [5, 5.41) is 15.4. The molecule has 2 fully saturated rings. The fourth-order valence-electron chi connectivity index (χ4n) is 4.91. The minimum Gasteiger partial charge on any atom is -0.492 e. The molecular weight excluding hydrogens is 456 g/mol. The lowest BCUT2D eigenvalue weighted by molar-refractivity contribution is -0.135. The third kappa shape index (κ3) is 5.21. The molecular formula is C27H34N6O3. The number of piperidine rings is 1. The Morgan fingerprint density at radius 3 is 2.75 bits per heavy atom. The van der Waals surface area contributed by atoms with Gasteiger partial charge in [-0.3, -0.25) is 4.79 Å². The number of amides is 1. The number of rotatable bonds is 7. The fourth-order valence-corrected chi connectivity index (χ4v) is 4.91. The second-order valence-electron chi connectivity index (χ2n) is 10.1. The van der Waals surface area contributed by atoms with Crippen molar-refractivity contribution in [1.82, 2.24) is 19.9 Å². The highest BCUT2D eigenvalue weighted by Crippen LogP contribution is 2.34. The number of carbonyl (C=O) groups excluding carboxylic acids is 1. The Kier molecular flexibility index (Phi) is 6.91. The van der Waals surface area contributed by atoms with Crippen LogP contribution < -0.4 is 15.0 Å². The molecule has 1 amide bonds. The van der Waals surface area contributed by atoms with Gasteiger partial charge in [-0.1, -0.05) is 19.9 Å². The molecule has 2 N–H and O–H groups in total. The monoisotopic (exact) mass is 490 g/mol. The molecule has 2 aliphatic heterocycles. The maximum Gasteiger partial charge on any atom is 0.227 e.